The van der Waals surface area contributed by atoms with E-state index < -0.39 is 13.0 Å². The van der Waals surface area contributed by atoms with E-state index in [1.165, 1.54) is 0 Å². The van der Waals surface area contributed by atoms with Gasteiger partial charge in [0.05, 0.1) is 0 Å². The van der Waals surface area contributed by atoms with Crippen LogP contribution in [0.2, 0.25) is 0 Å². The maximum atomic E-state index is 12.1. The fourth-order valence-corrected chi connectivity index (χ4v) is 1.55. The fraction of sp³-hybridized carbons (Fsp3) is 0.769. The molecule has 3 nitrogen and oxygen atoms in total. The first kappa shape index (κ1) is 16.9. The molecule has 0 aromatic heterocycles. The highest BCUT2D eigenvalue weighted by molar-refractivity contribution is 5.79. The van der Waals surface area contributed by atoms with Gasteiger partial charge in [0.1, 0.15) is 6.54 Å². The summed E-state index contributed by atoms with van der Waals surface area (Å²) in [6.07, 6.45) is 3.83. The molecule has 0 spiro atoms. The summed E-state index contributed by atoms with van der Waals surface area (Å²) in [7, 11) is 1.88. The molecular weight excluding hydrogens is 236 g/mol. The topological polar surface area (TPSA) is 27.6 Å². The van der Waals surface area contributed by atoms with Crippen molar-refractivity contribution in [3.63, 3.8) is 0 Å². The van der Waals surface area contributed by atoms with Gasteiger partial charge in [-0.2, -0.15) is 0 Å². The summed E-state index contributed by atoms with van der Waals surface area (Å²) in [6.45, 7) is 6.67. The number of unbranched alkanes of at least 4 members (excludes halogenated alkanes) is 3. The number of allylic oxidation sites excluding steroid dienone is 1. The number of alkyl halides is 2. The quantitative estimate of drug-likeness (QED) is 0.299. The highest BCUT2D eigenvalue weighted by atomic mass is 19.3. The van der Waals surface area contributed by atoms with Gasteiger partial charge in [-0.3, -0.25) is 0 Å². The third kappa shape index (κ3) is 8.96. The monoisotopic (exact) mass is 261 g/mol. The van der Waals surface area contributed by atoms with E-state index in [4.69, 9.17) is 0 Å². The number of nitrogens with zero attached hydrogens (tertiary/aromatic N) is 2. The largest absolute Gasteiger partial charge is 0.357 e. The van der Waals surface area contributed by atoms with E-state index in [-0.39, 0.29) is 0 Å². The van der Waals surface area contributed by atoms with Crippen LogP contribution in [0.25, 0.3) is 0 Å². The Kier molecular flexibility index (Phi) is 10.3. The number of guanidine groups is 1. The van der Waals surface area contributed by atoms with E-state index >= 15 is 0 Å². The van der Waals surface area contributed by atoms with Crippen molar-refractivity contribution in [3.8, 4) is 0 Å². The molecule has 0 radical (unpaired) electrons. The molecule has 0 atom stereocenters. The third-order valence-corrected chi connectivity index (χ3v) is 2.48. The highest BCUT2D eigenvalue weighted by Gasteiger charge is 2.07. The second-order valence-electron chi connectivity index (χ2n) is 4.15. The van der Waals surface area contributed by atoms with Gasteiger partial charge in [-0.1, -0.05) is 12.5 Å². The molecule has 0 aliphatic rings. The number of hydrogen-bond donors (Lipinski definition) is 1. The van der Waals surface area contributed by atoms with Crippen LogP contribution in [0.5, 0.6) is 0 Å². The Hall–Kier alpha value is -1.13. The smallest absolute Gasteiger partial charge is 0.257 e. The summed E-state index contributed by atoms with van der Waals surface area (Å²) in [5.74, 6) is 0.557. The predicted molar refractivity (Wildman–Crippen MR) is 73.3 cm³/mol. The molecule has 0 fully saturated rings. The Balaban J connectivity index is 4.01. The zero-order valence-electron chi connectivity index (χ0n) is 11.5. The Morgan fingerprint density at radius 1 is 1.39 bits per heavy atom. The van der Waals surface area contributed by atoms with Crippen LogP contribution in [0, 0.1) is 0 Å². The van der Waals surface area contributed by atoms with Crippen LogP contribution < -0.4 is 5.32 Å². The molecule has 0 aliphatic heterocycles. The van der Waals surface area contributed by atoms with Crippen molar-refractivity contribution in [2.24, 2.45) is 4.99 Å². The summed E-state index contributed by atoms with van der Waals surface area (Å²) in [5.41, 5.74) is 0. The minimum Gasteiger partial charge on any atom is -0.357 e. The molecule has 0 bridgehead atoms. The van der Waals surface area contributed by atoms with Gasteiger partial charge in [0.15, 0.2) is 5.96 Å². The Morgan fingerprint density at radius 2 is 2.11 bits per heavy atom. The average molecular weight is 261 g/mol. The molecule has 0 aromatic carbocycles. The minimum atomic E-state index is -2.39. The normalized spacial score (nSPS) is 11.7. The van der Waals surface area contributed by atoms with Gasteiger partial charge < -0.3 is 10.2 Å². The molecule has 5 heteroatoms. The van der Waals surface area contributed by atoms with Crippen LogP contribution in [0.4, 0.5) is 8.78 Å². The van der Waals surface area contributed by atoms with Crippen molar-refractivity contribution in [3.05, 3.63) is 12.7 Å². The minimum absolute atomic E-state index is 0.441. The van der Waals surface area contributed by atoms with Crippen molar-refractivity contribution in [1.29, 1.82) is 0 Å². The molecule has 18 heavy (non-hydrogen) atoms. The van der Waals surface area contributed by atoms with Gasteiger partial charge in [-0.05, 0) is 26.2 Å². The first-order valence-electron chi connectivity index (χ1n) is 6.50. The van der Waals surface area contributed by atoms with E-state index in [2.05, 4.69) is 16.9 Å². The van der Waals surface area contributed by atoms with Crippen LogP contribution in [0.1, 0.15) is 32.6 Å². The zero-order valence-corrected chi connectivity index (χ0v) is 11.5. The number of hydrogen-bond acceptors (Lipinski definition) is 1. The summed E-state index contributed by atoms with van der Waals surface area (Å²) in [5, 5.41) is 3.02. The Morgan fingerprint density at radius 3 is 2.67 bits per heavy atom. The lowest BCUT2D eigenvalue weighted by Crippen LogP contribution is -2.39. The van der Waals surface area contributed by atoms with Crippen LogP contribution in [-0.2, 0) is 0 Å². The van der Waals surface area contributed by atoms with Crippen LogP contribution >= 0.6 is 0 Å². The zero-order chi connectivity index (χ0) is 13.8. The number of rotatable bonds is 9. The molecule has 0 aromatic rings. The molecule has 106 valence electrons. The maximum Gasteiger partial charge on any atom is 0.257 e. The van der Waals surface area contributed by atoms with Gasteiger partial charge in [0.25, 0.3) is 6.43 Å². The average Bonchev–Trinajstić information content (AvgIpc) is 2.33. The second kappa shape index (κ2) is 11.0. The number of aliphatic imine (C=N–C) groups is 1. The fourth-order valence-electron chi connectivity index (χ4n) is 1.55. The van der Waals surface area contributed by atoms with E-state index in [9.17, 15) is 8.78 Å². The van der Waals surface area contributed by atoms with Crippen molar-refractivity contribution >= 4 is 5.96 Å². The molecule has 0 saturated heterocycles. The molecule has 0 unspecified atom stereocenters. The van der Waals surface area contributed by atoms with E-state index in [1.54, 1.807) is 0 Å². The molecule has 0 saturated carbocycles. The van der Waals surface area contributed by atoms with Crippen molar-refractivity contribution in [2.45, 2.75) is 39.0 Å². The van der Waals surface area contributed by atoms with Crippen LogP contribution in [0.3, 0.4) is 0 Å². The lowest BCUT2D eigenvalue weighted by Gasteiger charge is -2.21. The predicted octanol–water partition coefficient (Wildman–Crippen LogP) is 2.90. The standard InChI is InChI=1S/C13H25F2N3/c1-4-6-7-8-9-10-18(3)13(16-5-2)17-11-12(14)15/h4,12H,1,5-11H2,2-3H3,(H,16,17). The summed E-state index contributed by atoms with van der Waals surface area (Å²) in [6, 6.07) is 0. The number of halogens is 2. The first-order valence-corrected chi connectivity index (χ1v) is 6.50. The van der Waals surface area contributed by atoms with E-state index in [0.29, 0.717) is 12.5 Å². The SMILES string of the molecule is C=CCCCCCN(C)C(=NCC(F)F)NCC. The van der Waals surface area contributed by atoms with Crippen molar-refractivity contribution in [1.82, 2.24) is 10.2 Å². The molecular formula is C13H25F2N3. The first-order chi connectivity index (χ1) is 8.61. The summed E-state index contributed by atoms with van der Waals surface area (Å²) in [4.78, 5) is 5.80. The molecule has 0 amide bonds. The van der Waals surface area contributed by atoms with Crippen molar-refractivity contribution < 1.29 is 8.78 Å². The van der Waals surface area contributed by atoms with Gasteiger partial charge >= 0.3 is 0 Å². The lowest BCUT2D eigenvalue weighted by atomic mass is 10.2. The second-order valence-corrected chi connectivity index (χ2v) is 4.15. The molecule has 1 N–H and O–H groups in total. The number of nitrogens with one attached hydrogen (secondary N) is 1. The summed E-state index contributed by atoms with van der Waals surface area (Å²) < 4.78 is 24.3. The van der Waals surface area contributed by atoms with Gasteiger partial charge in [0, 0.05) is 20.1 Å². The van der Waals surface area contributed by atoms with E-state index in [1.807, 2.05) is 24.9 Å². The van der Waals surface area contributed by atoms with Crippen molar-refractivity contribution in [2.75, 3.05) is 26.7 Å². The molecule has 0 rings (SSSR count). The maximum absolute atomic E-state index is 12.1. The molecule has 0 aliphatic carbocycles. The Labute approximate surface area is 109 Å². The third-order valence-electron chi connectivity index (χ3n) is 2.48. The summed E-state index contributed by atoms with van der Waals surface area (Å²) >= 11 is 0. The van der Waals surface area contributed by atoms with E-state index in [0.717, 1.165) is 32.2 Å². The molecule has 0 heterocycles. The van der Waals surface area contributed by atoms with Crippen LogP contribution in [0.15, 0.2) is 17.6 Å². The Bertz CT molecular complexity index is 242. The lowest BCUT2D eigenvalue weighted by molar-refractivity contribution is 0.158. The van der Waals surface area contributed by atoms with Crippen LogP contribution in [-0.4, -0.2) is 44.0 Å². The highest BCUT2D eigenvalue weighted by Crippen LogP contribution is 2.02. The van der Waals surface area contributed by atoms with Gasteiger partial charge in [0.2, 0.25) is 0 Å². The van der Waals surface area contributed by atoms with Gasteiger partial charge in [-0.25, -0.2) is 13.8 Å². The van der Waals surface area contributed by atoms with Gasteiger partial charge in [-0.15, -0.1) is 6.58 Å².